The molecule has 0 amide bonds. The molecule has 6 nitrogen and oxygen atoms in total. The maximum Gasteiger partial charge on any atom is 0.186 e. The Morgan fingerprint density at radius 3 is 2.83 bits per heavy atom. The van der Waals surface area contributed by atoms with Gasteiger partial charge in [-0.15, -0.1) is 0 Å². The van der Waals surface area contributed by atoms with Gasteiger partial charge in [-0.1, -0.05) is 30.6 Å². The summed E-state index contributed by atoms with van der Waals surface area (Å²) < 4.78 is 8.77. The number of imidazole rings is 1. The number of anilines is 1. The summed E-state index contributed by atoms with van der Waals surface area (Å²) in [5.41, 5.74) is 2.29. The molecular weight excluding hydrogens is 396 g/mol. The number of aldehydes is 1. The first-order valence-corrected chi connectivity index (χ1v) is 11.6. The van der Waals surface area contributed by atoms with Crippen molar-refractivity contribution in [3.8, 4) is 5.75 Å². The molecule has 0 saturated heterocycles. The molecule has 1 saturated carbocycles. The molecule has 5 rings (SSSR count). The van der Waals surface area contributed by atoms with Gasteiger partial charge in [-0.2, -0.15) is 0 Å². The van der Waals surface area contributed by atoms with E-state index in [0.717, 1.165) is 59.7 Å². The third-order valence-corrected chi connectivity index (χ3v) is 7.09. The topological polar surface area (TPSA) is 60.2 Å². The molecule has 3 aromatic rings. The molecule has 30 heavy (non-hydrogen) atoms. The first-order valence-electron chi connectivity index (χ1n) is 10.8. The average Bonchev–Trinajstić information content (AvgIpc) is 3.51. The summed E-state index contributed by atoms with van der Waals surface area (Å²) in [4.78, 5) is 21.6. The van der Waals surface area contributed by atoms with Gasteiger partial charge in [0.25, 0.3) is 0 Å². The highest BCUT2D eigenvalue weighted by molar-refractivity contribution is 7.22. The van der Waals surface area contributed by atoms with Crippen molar-refractivity contribution in [3.63, 3.8) is 0 Å². The van der Waals surface area contributed by atoms with Crippen molar-refractivity contribution in [3.05, 3.63) is 35.9 Å². The van der Waals surface area contributed by atoms with Crippen molar-refractivity contribution in [2.75, 3.05) is 19.1 Å². The maximum atomic E-state index is 10.2. The van der Waals surface area contributed by atoms with E-state index in [1.165, 1.54) is 37.2 Å². The monoisotopic (exact) mass is 426 g/mol. The van der Waals surface area contributed by atoms with Gasteiger partial charge < -0.3 is 19.0 Å². The fraction of sp³-hybridized carbons (Fsp3) is 0.522. The third-order valence-electron chi connectivity index (χ3n) is 5.96. The van der Waals surface area contributed by atoms with Gasteiger partial charge in [-0.25, -0.2) is 9.97 Å². The number of carbonyl (C=O) groups excluding carboxylic acids is 1. The number of methoxy groups -OCH3 is 1. The van der Waals surface area contributed by atoms with Crippen LogP contribution < -0.4 is 9.64 Å². The van der Waals surface area contributed by atoms with Gasteiger partial charge in [0.1, 0.15) is 17.9 Å². The predicted octanol–water partition coefficient (Wildman–Crippen LogP) is 4.85. The zero-order chi connectivity index (χ0) is 20.9. The van der Waals surface area contributed by atoms with Crippen LogP contribution in [-0.2, 0) is 24.3 Å². The van der Waals surface area contributed by atoms with Gasteiger partial charge in [-0.05, 0) is 37.5 Å². The van der Waals surface area contributed by atoms with Gasteiger partial charge in [0.15, 0.2) is 5.13 Å². The lowest BCUT2D eigenvalue weighted by atomic mass is 9.91. The third kappa shape index (κ3) is 4.67. The van der Waals surface area contributed by atoms with Crippen LogP contribution in [0, 0.1) is 5.92 Å². The molecular formula is C23H30N4O2S. The highest BCUT2D eigenvalue weighted by Crippen LogP contribution is 2.31. The summed E-state index contributed by atoms with van der Waals surface area (Å²) in [5.74, 6) is 2.50. The van der Waals surface area contributed by atoms with Gasteiger partial charge in [0.05, 0.1) is 35.8 Å². The lowest BCUT2D eigenvalue weighted by molar-refractivity contribution is -0.111. The summed E-state index contributed by atoms with van der Waals surface area (Å²) in [6.07, 6.45) is 11.6. The van der Waals surface area contributed by atoms with Crippen molar-refractivity contribution in [2.45, 2.75) is 58.0 Å². The van der Waals surface area contributed by atoms with E-state index in [-0.39, 0.29) is 0 Å². The molecule has 1 aliphatic carbocycles. The number of nitrogens with zero attached hydrogens (tertiary/aromatic N) is 4. The maximum absolute atomic E-state index is 10.2. The van der Waals surface area contributed by atoms with Crippen LogP contribution in [-0.4, -0.2) is 35.0 Å². The molecule has 2 aromatic heterocycles. The number of benzene rings is 1. The van der Waals surface area contributed by atoms with E-state index in [1.807, 2.05) is 24.4 Å². The second-order valence-corrected chi connectivity index (χ2v) is 9.15. The Labute approximate surface area is 181 Å². The van der Waals surface area contributed by atoms with Crippen LogP contribution in [0.1, 0.15) is 50.0 Å². The summed E-state index contributed by atoms with van der Waals surface area (Å²) >= 11 is 1.70. The van der Waals surface area contributed by atoms with Crippen molar-refractivity contribution >= 4 is 33.0 Å². The van der Waals surface area contributed by atoms with E-state index >= 15 is 0 Å². The van der Waals surface area contributed by atoms with Crippen LogP contribution in [0.3, 0.4) is 0 Å². The Morgan fingerprint density at radius 2 is 2.10 bits per heavy atom. The summed E-state index contributed by atoms with van der Waals surface area (Å²) in [5, 5.41) is 1.02. The van der Waals surface area contributed by atoms with Crippen LogP contribution in [0.15, 0.2) is 24.4 Å². The standard InChI is InChI=1S/C16H18N4OS.C7H12O/c1-19(10-11-9-17-15-4-3-7-20(11)15)16-18-13-6-5-12(21-2)8-14(13)22-16;8-6-7-4-2-1-3-5-7/h5-6,8-9H,3-4,7,10H2,1-2H3;6-7H,1-5H2. The Balaban J connectivity index is 0.000000230. The van der Waals surface area contributed by atoms with Gasteiger partial charge in [0, 0.05) is 25.9 Å². The fourth-order valence-corrected chi connectivity index (χ4v) is 5.17. The van der Waals surface area contributed by atoms with E-state index in [9.17, 15) is 4.79 Å². The molecule has 7 heteroatoms. The Bertz CT molecular complexity index is 990. The predicted molar refractivity (Wildman–Crippen MR) is 121 cm³/mol. The number of rotatable bonds is 5. The minimum atomic E-state index is 0.406. The smallest absolute Gasteiger partial charge is 0.186 e. The summed E-state index contributed by atoms with van der Waals surface area (Å²) in [6.45, 7) is 1.93. The molecule has 0 N–H and O–H groups in total. The van der Waals surface area contributed by atoms with E-state index in [0.29, 0.717) is 5.92 Å². The van der Waals surface area contributed by atoms with E-state index in [4.69, 9.17) is 9.72 Å². The zero-order valence-corrected chi connectivity index (χ0v) is 18.7. The molecule has 3 heterocycles. The van der Waals surface area contributed by atoms with E-state index in [2.05, 4.69) is 21.5 Å². The average molecular weight is 427 g/mol. The van der Waals surface area contributed by atoms with Crippen LogP contribution >= 0.6 is 11.3 Å². The molecule has 0 spiro atoms. The largest absolute Gasteiger partial charge is 0.497 e. The van der Waals surface area contributed by atoms with Gasteiger partial charge in [0.2, 0.25) is 0 Å². The van der Waals surface area contributed by atoms with E-state index < -0.39 is 0 Å². The highest BCUT2D eigenvalue weighted by Gasteiger charge is 2.18. The summed E-state index contributed by atoms with van der Waals surface area (Å²) in [7, 11) is 3.78. The number of carbonyl (C=O) groups is 1. The van der Waals surface area contributed by atoms with Crippen LogP contribution in [0.2, 0.25) is 0 Å². The molecule has 2 aliphatic rings. The number of thiazole rings is 1. The molecule has 0 radical (unpaired) electrons. The van der Waals surface area contributed by atoms with Crippen LogP contribution in [0.4, 0.5) is 5.13 Å². The Morgan fingerprint density at radius 1 is 1.27 bits per heavy atom. The molecule has 1 fully saturated rings. The second kappa shape index (κ2) is 9.60. The minimum Gasteiger partial charge on any atom is -0.497 e. The van der Waals surface area contributed by atoms with Crippen molar-refractivity contribution in [1.82, 2.24) is 14.5 Å². The Kier molecular flexibility index (Phi) is 6.67. The molecule has 0 atom stereocenters. The molecule has 160 valence electrons. The van der Waals surface area contributed by atoms with Crippen molar-refractivity contribution in [2.24, 2.45) is 5.92 Å². The van der Waals surface area contributed by atoms with Crippen LogP contribution in [0.5, 0.6) is 5.75 Å². The van der Waals surface area contributed by atoms with Gasteiger partial charge in [-0.3, -0.25) is 0 Å². The SMILES string of the molecule is COc1ccc2nc(N(C)Cc3cnc4n3CCC4)sc2c1.O=CC1CCCCC1. The lowest BCUT2D eigenvalue weighted by Crippen LogP contribution is -2.18. The molecule has 0 unspecified atom stereocenters. The highest BCUT2D eigenvalue weighted by atomic mass is 32.1. The minimum absolute atomic E-state index is 0.406. The number of aromatic nitrogens is 3. The van der Waals surface area contributed by atoms with E-state index in [1.54, 1.807) is 18.4 Å². The second-order valence-electron chi connectivity index (χ2n) is 8.14. The number of hydrogen-bond acceptors (Lipinski definition) is 6. The first kappa shape index (κ1) is 20.8. The number of ether oxygens (including phenoxy) is 1. The lowest BCUT2D eigenvalue weighted by Gasteiger charge is -2.16. The zero-order valence-electron chi connectivity index (χ0n) is 17.8. The van der Waals surface area contributed by atoms with Crippen molar-refractivity contribution < 1.29 is 9.53 Å². The number of hydrogen-bond donors (Lipinski definition) is 0. The molecule has 0 bridgehead atoms. The van der Waals surface area contributed by atoms with Gasteiger partial charge >= 0.3 is 0 Å². The quantitative estimate of drug-likeness (QED) is 0.546. The molecule has 1 aliphatic heterocycles. The number of aryl methyl sites for hydroxylation is 1. The first-order chi connectivity index (χ1) is 14.7. The summed E-state index contributed by atoms with van der Waals surface area (Å²) in [6, 6.07) is 6.01. The normalized spacial score (nSPS) is 16.1. The molecule has 1 aromatic carbocycles. The van der Waals surface area contributed by atoms with Crippen LogP contribution in [0.25, 0.3) is 10.2 Å². The Hall–Kier alpha value is -2.41. The number of fused-ring (bicyclic) bond motifs is 2. The van der Waals surface area contributed by atoms with Crippen molar-refractivity contribution in [1.29, 1.82) is 0 Å². The fourth-order valence-electron chi connectivity index (χ4n) is 4.21.